The predicted octanol–water partition coefficient (Wildman–Crippen LogP) is 2.30. The van der Waals surface area contributed by atoms with Crippen molar-refractivity contribution >= 4 is 29.2 Å². The number of aryl methyl sites for hydroxylation is 1. The second-order valence-electron chi connectivity index (χ2n) is 5.72. The van der Waals surface area contributed by atoms with E-state index in [2.05, 4.69) is 16.0 Å². The summed E-state index contributed by atoms with van der Waals surface area (Å²) in [7, 11) is 0. The van der Waals surface area contributed by atoms with Crippen LogP contribution in [0.5, 0.6) is 0 Å². The van der Waals surface area contributed by atoms with E-state index < -0.39 is 23.7 Å². The van der Waals surface area contributed by atoms with Gasteiger partial charge < -0.3 is 21.7 Å². The first kappa shape index (κ1) is 18.9. The number of halogens is 1. The first-order chi connectivity index (χ1) is 12.3. The number of carbonyl (C=O) groups is 3. The van der Waals surface area contributed by atoms with Gasteiger partial charge in [-0.05, 0) is 43.7 Å². The van der Waals surface area contributed by atoms with Gasteiger partial charge in [-0.3, -0.25) is 9.59 Å². The highest BCUT2D eigenvalue weighted by Crippen LogP contribution is 2.20. The van der Waals surface area contributed by atoms with E-state index in [0.717, 1.165) is 11.6 Å². The summed E-state index contributed by atoms with van der Waals surface area (Å²) in [5.74, 6) is -2.05. The summed E-state index contributed by atoms with van der Waals surface area (Å²) in [5.41, 5.74) is 6.92. The molecule has 0 unspecified atom stereocenters. The van der Waals surface area contributed by atoms with E-state index in [0.29, 0.717) is 5.69 Å². The van der Waals surface area contributed by atoms with E-state index in [4.69, 9.17) is 5.73 Å². The molecule has 2 aromatic rings. The smallest absolute Gasteiger partial charge is 0.319 e. The van der Waals surface area contributed by atoms with E-state index in [1.54, 1.807) is 18.2 Å². The van der Waals surface area contributed by atoms with Crippen LogP contribution in [0.3, 0.4) is 0 Å². The van der Waals surface area contributed by atoms with Crippen molar-refractivity contribution in [3.05, 3.63) is 58.9 Å². The molecule has 0 bridgehead atoms. The first-order valence-electron chi connectivity index (χ1n) is 7.77. The van der Waals surface area contributed by atoms with Gasteiger partial charge in [-0.1, -0.05) is 12.1 Å². The lowest BCUT2D eigenvalue weighted by Crippen LogP contribution is -2.36. The molecule has 0 saturated carbocycles. The van der Waals surface area contributed by atoms with Gasteiger partial charge in [-0.15, -0.1) is 0 Å². The van der Waals surface area contributed by atoms with Crippen molar-refractivity contribution in [2.45, 2.75) is 13.8 Å². The van der Waals surface area contributed by atoms with Crippen molar-refractivity contribution in [1.29, 1.82) is 0 Å². The Kier molecular flexibility index (Phi) is 5.90. The fourth-order valence-electron chi connectivity index (χ4n) is 2.20. The average Bonchev–Trinajstić information content (AvgIpc) is 2.57. The second kappa shape index (κ2) is 8.11. The Hall–Kier alpha value is -3.42. The van der Waals surface area contributed by atoms with Crippen LogP contribution in [0.2, 0.25) is 0 Å². The lowest BCUT2D eigenvalue weighted by molar-refractivity contribution is -0.115. The van der Waals surface area contributed by atoms with Crippen LogP contribution in [0.25, 0.3) is 0 Å². The molecule has 5 N–H and O–H groups in total. The van der Waals surface area contributed by atoms with Gasteiger partial charge in [0.15, 0.2) is 0 Å². The molecule has 0 aliphatic rings. The number of hydrogen-bond acceptors (Lipinski definition) is 3. The van der Waals surface area contributed by atoms with Gasteiger partial charge in [-0.25, -0.2) is 9.18 Å². The first-order valence-corrected chi connectivity index (χ1v) is 7.77. The highest BCUT2D eigenvalue weighted by molar-refractivity contribution is 5.99. The van der Waals surface area contributed by atoms with Crippen LogP contribution in [-0.2, 0) is 4.79 Å². The average molecular weight is 358 g/mol. The molecule has 26 heavy (non-hydrogen) atoms. The molecule has 8 heteroatoms. The molecule has 136 valence electrons. The molecule has 0 aromatic heterocycles. The molecule has 0 fully saturated rings. The quantitative estimate of drug-likeness (QED) is 0.657. The molecular weight excluding hydrogens is 339 g/mol. The number of carbonyl (C=O) groups excluding carboxylic acids is 3. The summed E-state index contributed by atoms with van der Waals surface area (Å²) in [6.45, 7) is 3.01. The maximum atomic E-state index is 13.8. The monoisotopic (exact) mass is 358 g/mol. The van der Waals surface area contributed by atoms with Gasteiger partial charge in [0, 0.05) is 22.5 Å². The van der Waals surface area contributed by atoms with Crippen LogP contribution in [0.1, 0.15) is 21.5 Å². The Balaban J connectivity index is 1.94. The van der Waals surface area contributed by atoms with E-state index >= 15 is 0 Å². The fraction of sp³-hybridized carbons (Fsp3) is 0.167. The highest BCUT2D eigenvalue weighted by atomic mass is 19.1. The van der Waals surface area contributed by atoms with E-state index in [1.807, 2.05) is 13.0 Å². The predicted molar refractivity (Wildman–Crippen MR) is 96.5 cm³/mol. The summed E-state index contributed by atoms with van der Waals surface area (Å²) >= 11 is 0. The molecule has 0 atom stereocenters. The number of rotatable bonds is 5. The number of hydrogen-bond donors (Lipinski definition) is 4. The Labute approximate surface area is 149 Å². The van der Waals surface area contributed by atoms with Crippen LogP contribution in [0.4, 0.5) is 20.6 Å². The molecule has 0 saturated heterocycles. The standard InChI is InChI=1S/C18H19FN4O3/c1-10-4-3-5-13(6-10)22-18(26)21-9-16(24)23-15-8-12(17(20)25)7-14(19)11(15)2/h3-8H,9H2,1-2H3,(H2,20,25)(H,23,24)(H2,21,22,26). The van der Waals surface area contributed by atoms with Crippen LogP contribution in [0.15, 0.2) is 36.4 Å². The zero-order chi connectivity index (χ0) is 19.3. The molecule has 0 spiro atoms. The number of amides is 4. The van der Waals surface area contributed by atoms with Crippen molar-refractivity contribution in [2.24, 2.45) is 5.73 Å². The van der Waals surface area contributed by atoms with Crippen molar-refractivity contribution in [3.8, 4) is 0 Å². The highest BCUT2D eigenvalue weighted by Gasteiger charge is 2.13. The summed E-state index contributed by atoms with van der Waals surface area (Å²) < 4.78 is 13.8. The third-order valence-electron chi connectivity index (χ3n) is 3.59. The van der Waals surface area contributed by atoms with Crippen LogP contribution in [0, 0.1) is 19.7 Å². The minimum atomic E-state index is -0.810. The molecular formula is C18H19FN4O3. The van der Waals surface area contributed by atoms with Gasteiger partial charge in [0.25, 0.3) is 0 Å². The fourth-order valence-corrected chi connectivity index (χ4v) is 2.20. The number of anilines is 2. The molecule has 0 radical (unpaired) electrons. The second-order valence-corrected chi connectivity index (χ2v) is 5.72. The Morgan fingerprint density at radius 3 is 2.46 bits per heavy atom. The van der Waals surface area contributed by atoms with E-state index in [1.165, 1.54) is 13.0 Å². The Morgan fingerprint density at radius 2 is 1.81 bits per heavy atom. The minimum Gasteiger partial charge on any atom is -0.366 e. The maximum Gasteiger partial charge on any atom is 0.319 e. The van der Waals surface area contributed by atoms with Gasteiger partial charge in [-0.2, -0.15) is 0 Å². The van der Waals surface area contributed by atoms with Crippen LogP contribution in [-0.4, -0.2) is 24.4 Å². The Bertz CT molecular complexity index is 868. The largest absolute Gasteiger partial charge is 0.366 e. The van der Waals surface area contributed by atoms with Gasteiger partial charge in [0.05, 0.1) is 6.54 Å². The lowest BCUT2D eigenvalue weighted by atomic mass is 10.1. The number of benzene rings is 2. The van der Waals surface area contributed by atoms with Gasteiger partial charge in [0.2, 0.25) is 11.8 Å². The zero-order valence-corrected chi connectivity index (χ0v) is 14.4. The normalized spacial score (nSPS) is 10.1. The van der Waals surface area contributed by atoms with Crippen LogP contribution < -0.4 is 21.7 Å². The Morgan fingerprint density at radius 1 is 1.08 bits per heavy atom. The zero-order valence-electron chi connectivity index (χ0n) is 14.4. The van der Waals surface area contributed by atoms with Crippen molar-refractivity contribution < 1.29 is 18.8 Å². The summed E-state index contributed by atoms with van der Waals surface area (Å²) in [6, 6.07) is 8.90. The molecule has 0 aliphatic carbocycles. The molecule has 7 nitrogen and oxygen atoms in total. The van der Waals surface area contributed by atoms with Gasteiger partial charge in [0.1, 0.15) is 5.82 Å². The summed E-state index contributed by atoms with van der Waals surface area (Å²) in [5, 5.41) is 7.44. The number of nitrogens with two attached hydrogens (primary N) is 1. The number of urea groups is 1. The van der Waals surface area contributed by atoms with Crippen molar-refractivity contribution in [3.63, 3.8) is 0 Å². The summed E-state index contributed by atoms with van der Waals surface area (Å²) in [4.78, 5) is 35.0. The van der Waals surface area contributed by atoms with Crippen LogP contribution >= 0.6 is 0 Å². The van der Waals surface area contributed by atoms with Crippen molar-refractivity contribution in [1.82, 2.24) is 5.32 Å². The number of nitrogens with one attached hydrogen (secondary N) is 3. The van der Waals surface area contributed by atoms with E-state index in [-0.39, 0.29) is 23.4 Å². The van der Waals surface area contributed by atoms with Crippen molar-refractivity contribution in [2.75, 3.05) is 17.2 Å². The third-order valence-corrected chi connectivity index (χ3v) is 3.59. The SMILES string of the molecule is Cc1cccc(NC(=O)NCC(=O)Nc2cc(C(N)=O)cc(F)c2C)c1. The molecule has 0 aliphatic heterocycles. The third kappa shape index (κ3) is 5.04. The maximum absolute atomic E-state index is 13.8. The topological polar surface area (TPSA) is 113 Å². The molecule has 2 rings (SSSR count). The lowest BCUT2D eigenvalue weighted by Gasteiger charge is -2.12. The molecule has 0 heterocycles. The van der Waals surface area contributed by atoms with E-state index in [9.17, 15) is 18.8 Å². The number of primary amides is 1. The molecule has 4 amide bonds. The van der Waals surface area contributed by atoms with Gasteiger partial charge >= 0.3 is 6.03 Å². The molecule has 2 aromatic carbocycles. The summed E-state index contributed by atoms with van der Waals surface area (Å²) in [6.07, 6.45) is 0. The minimum absolute atomic E-state index is 0.0615.